The Labute approximate surface area is 212 Å². The highest BCUT2D eigenvalue weighted by Crippen LogP contribution is 2.60. The minimum Gasteiger partial charge on any atom is -0.507 e. The van der Waals surface area contributed by atoms with Crippen LogP contribution in [-0.4, -0.2) is 18.1 Å². The van der Waals surface area contributed by atoms with Crippen LogP contribution in [0.25, 0.3) is 0 Å². The number of para-hydroxylation sites is 2. The number of benzene rings is 3. The molecule has 2 atom stereocenters. The monoisotopic (exact) mass is 489 g/mol. The summed E-state index contributed by atoms with van der Waals surface area (Å²) in [5.41, 5.74) is 3.16. The second-order valence-electron chi connectivity index (χ2n) is 11.8. The van der Waals surface area contributed by atoms with Gasteiger partial charge in [-0.2, -0.15) is 0 Å². The van der Waals surface area contributed by atoms with Gasteiger partial charge in [0.05, 0.1) is 16.6 Å². The number of aromatic hydroxyl groups is 1. The maximum absolute atomic E-state index is 14.1. The normalized spacial score (nSPS) is 21.3. The smallest absolute Gasteiger partial charge is 0.276 e. The first-order chi connectivity index (χ1) is 16.3. The zero-order valence-electron chi connectivity index (χ0n) is 21.4. The molecule has 0 unspecified atom stereocenters. The predicted octanol–water partition coefficient (Wildman–Crippen LogP) is 7.04. The average molecular weight is 490 g/mol. The summed E-state index contributed by atoms with van der Waals surface area (Å²) in [6.45, 7) is 12.6. The number of amides is 1. The molecule has 0 radical (unpaired) electrons. The predicted molar refractivity (Wildman–Crippen MR) is 141 cm³/mol. The Bertz CT molecular complexity index is 1330. The van der Waals surface area contributed by atoms with Crippen LogP contribution in [0.3, 0.4) is 0 Å². The highest BCUT2D eigenvalue weighted by atomic mass is 35.5. The number of phenols is 1. The zero-order chi connectivity index (χ0) is 25.5. The molecule has 3 aromatic carbocycles. The van der Waals surface area contributed by atoms with E-state index in [-0.39, 0.29) is 16.7 Å². The summed E-state index contributed by atoms with van der Waals surface area (Å²) in [7, 11) is 1.75. The van der Waals surface area contributed by atoms with Crippen molar-refractivity contribution in [3.05, 3.63) is 87.4 Å². The van der Waals surface area contributed by atoms with E-state index in [2.05, 4.69) is 53.7 Å². The van der Waals surface area contributed by atoms with Gasteiger partial charge in [0.1, 0.15) is 11.5 Å². The summed E-state index contributed by atoms with van der Waals surface area (Å²) >= 11 is 6.60. The number of phenolic OH excluding ortho intramolecular Hbond substituents is 1. The lowest BCUT2D eigenvalue weighted by molar-refractivity contribution is -0.132. The number of anilines is 1. The first-order valence-corrected chi connectivity index (χ1v) is 12.4. The van der Waals surface area contributed by atoms with Gasteiger partial charge in [-0.1, -0.05) is 95.6 Å². The lowest BCUT2D eigenvalue weighted by Crippen LogP contribution is -2.45. The fourth-order valence-corrected chi connectivity index (χ4v) is 5.95. The van der Waals surface area contributed by atoms with Gasteiger partial charge >= 0.3 is 0 Å². The molecule has 0 saturated carbocycles. The molecule has 5 rings (SSSR count). The number of fused-ring (bicyclic) bond motifs is 3. The van der Waals surface area contributed by atoms with Crippen LogP contribution in [0.2, 0.25) is 5.02 Å². The maximum Gasteiger partial charge on any atom is 0.276 e. The van der Waals surface area contributed by atoms with Crippen molar-refractivity contribution in [2.45, 2.75) is 63.9 Å². The highest BCUT2D eigenvalue weighted by Gasteiger charge is 2.62. The Hall–Kier alpha value is -2.98. The zero-order valence-corrected chi connectivity index (χ0v) is 22.1. The molecule has 2 aliphatic heterocycles. The Balaban J connectivity index is 1.87. The summed E-state index contributed by atoms with van der Waals surface area (Å²) in [5.74, 6) is 0.448. The van der Waals surface area contributed by atoms with E-state index in [0.29, 0.717) is 22.2 Å². The molecule has 1 spiro atoms. The van der Waals surface area contributed by atoms with Gasteiger partial charge in [-0.25, -0.2) is 0 Å². The van der Waals surface area contributed by atoms with Crippen LogP contribution >= 0.6 is 11.6 Å². The third-order valence-electron chi connectivity index (χ3n) is 7.33. The van der Waals surface area contributed by atoms with Crippen molar-refractivity contribution in [2.24, 2.45) is 0 Å². The van der Waals surface area contributed by atoms with E-state index in [1.807, 2.05) is 36.4 Å². The molecule has 1 N–H and O–H groups in total. The number of hydrogen-bond donors (Lipinski definition) is 1. The molecule has 2 heterocycles. The van der Waals surface area contributed by atoms with Gasteiger partial charge < -0.3 is 14.7 Å². The molecule has 0 saturated heterocycles. The van der Waals surface area contributed by atoms with Crippen molar-refractivity contribution >= 4 is 23.2 Å². The molecule has 0 aliphatic carbocycles. The molecule has 0 bridgehead atoms. The number of ether oxygens (including phenoxy) is 1. The maximum atomic E-state index is 14.1. The number of carbonyl (C=O) groups is 1. The second-order valence-corrected chi connectivity index (χ2v) is 12.2. The quantitative estimate of drug-likeness (QED) is 0.399. The van der Waals surface area contributed by atoms with Crippen LogP contribution in [0.4, 0.5) is 5.69 Å². The van der Waals surface area contributed by atoms with Crippen molar-refractivity contribution in [3.8, 4) is 11.5 Å². The van der Waals surface area contributed by atoms with Gasteiger partial charge in [-0.15, -0.1) is 0 Å². The van der Waals surface area contributed by atoms with Crippen molar-refractivity contribution in [1.82, 2.24) is 0 Å². The van der Waals surface area contributed by atoms with Crippen LogP contribution in [0.5, 0.6) is 11.5 Å². The van der Waals surface area contributed by atoms with Crippen molar-refractivity contribution in [1.29, 1.82) is 0 Å². The minimum atomic E-state index is -1.28. The lowest BCUT2D eigenvalue weighted by atomic mass is 9.71. The van der Waals surface area contributed by atoms with E-state index in [0.717, 1.165) is 27.8 Å². The van der Waals surface area contributed by atoms with Gasteiger partial charge in [0, 0.05) is 18.2 Å². The Morgan fingerprint density at radius 1 is 0.943 bits per heavy atom. The van der Waals surface area contributed by atoms with E-state index >= 15 is 0 Å². The number of likely N-dealkylation sites (N-methyl/N-ethyl adjacent to an activating group) is 1. The molecule has 0 fully saturated rings. The summed E-state index contributed by atoms with van der Waals surface area (Å²) in [6, 6.07) is 17.6. The molecule has 0 aromatic heterocycles. The van der Waals surface area contributed by atoms with Crippen LogP contribution in [0.1, 0.15) is 75.3 Å². The summed E-state index contributed by atoms with van der Waals surface area (Å²) in [5, 5.41) is 11.9. The molecular weight excluding hydrogens is 458 g/mol. The van der Waals surface area contributed by atoms with Gasteiger partial charge in [-0.05, 0) is 39.7 Å². The Kier molecular flexibility index (Phi) is 5.09. The highest BCUT2D eigenvalue weighted by molar-refractivity contribution is 6.35. The average Bonchev–Trinajstić information content (AvgIpc) is 3.22. The van der Waals surface area contributed by atoms with E-state index in [9.17, 15) is 9.90 Å². The van der Waals surface area contributed by atoms with Gasteiger partial charge in [0.25, 0.3) is 5.91 Å². The van der Waals surface area contributed by atoms with E-state index in [4.69, 9.17) is 16.3 Å². The number of carbonyl (C=O) groups excluding carboxylic acids is 1. The molecular formula is C30H32ClNO3. The summed E-state index contributed by atoms with van der Waals surface area (Å²) in [4.78, 5) is 15.7. The molecule has 5 heteroatoms. The number of halogens is 1. The SMILES string of the molecule is CN1C(=O)[C@]2(Oc3ccccc3[C@H]2c2cc(C(C)(C)C)c(O)c(C(C)(C)C)c2)c2cccc(Cl)c21. The van der Waals surface area contributed by atoms with Crippen molar-refractivity contribution in [3.63, 3.8) is 0 Å². The molecule has 3 aromatic rings. The third-order valence-corrected chi connectivity index (χ3v) is 7.64. The topological polar surface area (TPSA) is 49.8 Å². The van der Waals surface area contributed by atoms with Gasteiger partial charge in [0.2, 0.25) is 5.60 Å². The third kappa shape index (κ3) is 3.30. The molecule has 2 aliphatic rings. The van der Waals surface area contributed by atoms with Crippen molar-refractivity contribution in [2.75, 3.05) is 11.9 Å². The van der Waals surface area contributed by atoms with E-state index < -0.39 is 11.5 Å². The number of rotatable bonds is 1. The number of nitrogens with zero attached hydrogens (tertiary/aromatic N) is 1. The fraction of sp³-hybridized carbons (Fsp3) is 0.367. The van der Waals surface area contributed by atoms with Crippen molar-refractivity contribution < 1.29 is 14.6 Å². The van der Waals surface area contributed by atoms with Gasteiger partial charge in [0.15, 0.2) is 0 Å². The van der Waals surface area contributed by atoms with E-state index in [1.165, 1.54) is 0 Å². The largest absolute Gasteiger partial charge is 0.507 e. The number of hydrogen-bond acceptors (Lipinski definition) is 3. The van der Waals surface area contributed by atoms with Crippen LogP contribution < -0.4 is 9.64 Å². The molecule has 35 heavy (non-hydrogen) atoms. The van der Waals surface area contributed by atoms with Crippen LogP contribution in [-0.2, 0) is 21.2 Å². The van der Waals surface area contributed by atoms with Crippen LogP contribution in [0, 0.1) is 0 Å². The van der Waals surface area contributed by atoms with Gasteiger partial charge in [-0.3, -0.25) is 4.79 Å². The van der Waals surface area contributed by atoms with E-state index in [1.54, 1.807) is 18.0 Å². The fourth-order valence-electron chi connectivity index (χ4n) is 5.64. The first kappa shape index (κ1) is 23.7. The second kappa shape index (κ2) is 7.51. The minimum absolute atomic E-state index is 0.149. The molecule has 1 amide bonds. The standard InChI is InChI=1S/C30H32ClNO3/c1-28(2,3)20-15-17(16-21(26(20)33)29(4,5)6)24-18-11-8-9-14-23(18)35-30(24)19-12-10-13-22(31)25(19)32(7)27(30)34/h8-16,24,33H,1-7H3/t24-,30+/m1/s1. The first-order valence-electron chi connectivity index (χ1n) is 12.0. The lowest BCUT2D eigenvalue weighted by Gasteiger charge is -2.33. The van der Waals surface area contributed by atoms with Crippen LogP contribution in [0.15, 0.2) is 54.6 Å². The molecule has 4 nitrogen and oxygen atoms in total. The summed E-state index contributed by atoms with van der Waals surface area (Å²) in [6.07, 6.45) is 0. The Morgan fingerprint density at radius 2 is 1.54 bits per heavy atom. The molecule has 182 valence electrons. The Morgan fingerprint density at radius 3 is 2.14 bits per heavy atom. The summed E-state index contributed by atoms with van der Waals surface area (Å²) < 4.78 is 6.66.